The molecular weight excluding hydrogens is 502 g/mol. The molecule has 0 aromatic heterocycles. The van der Waals surface area contributed by atoms with E-state index in [9.17, 15) is 49.8 Å². The van der Waals surface area contributed by atoms with Crippen molar-refractivity contribution in [1.29, 1.82) is 21.0 Å². The summed E-state index contributed by atoms with van der Waals surface area (Å²) in [5.41, 5.74) is 2.08. The third-order valence-electron chi connectivity index (χ3n) is 7.27. The molecule has 0 saturated carbocycles. The standard InChI is InChI=1S/C24H32N4O6P2/c1-17-18(2)22(24(11-7-15-27,12-8-16-28)36(32,33)34)20(4)19(3)21(17)23(9-5-13-25,10-6-14-26)35(29,30)31/h5-12H2,1-4H3,(H2,29,30,31)(H2,32,33,34). The second kappa shape index (κ2) is 12.1. The van der Waals surface area contributed by atoms with Crippen LogP contribution in [0.3, 0.4) is 0 Å². The average Bonchev–Trinajstić information content (AvgIpc) is 2.79. The van der Waals surface area contributed by atoms with Gasteiger partial charge in [-0.05, 0) is 86.8 Å². The Bertz CT molecular complexity index is 1090. The number of hydrogen-bond donors (Lipinski definition) is 4. The lowest BCUT2D eigenvalue weighted by Crippen LogP contribution is -2.33. The Kier molecular flexibility index (Phi) is 10.6. The number of benzene rings is 1. The van der Waals surface area contributed by atoms with Crippen LogP contribution < -0.4 is 0 Å². The van der Waals surface area contributed by atoms with Crippen LogP contribution >= 0.6 is 15.2 Å². The smallest absolute Gasteiger partial charge is 0.324 e. The number of rotatable bonds is 12. The molecule has 0 atom stereocenters. The minimum atomic E-state index is -4.95. The largest absolute Gasteiger partial charge is 0.336 e. The van der Waals surface area contributed by atoms with Crippen LogP contribution in [0.5, 0.6) is 0 Å². The summed E-state index contributed by atoms with van der Waals surface area (Å²) in [5, 5.41) is 33.2. The molecule has 36 heavy (non-hydrogen) atoms. The average molecular weight is 534 g/mol. The van der Waals surface area contributed by atoms with Crippen molar-refractivity contribution in [3.63, 3.8) is 0 Å². The Hall–Kier alpha value is -2.52. The number of nitrogens with zero attached hydrogens (tertiary/aromatic N) is 4. The van der Waals surface area contributed by atoms with Crippen LogP contribution in [0.4, 0.5) is 0 Å². The lowest BCUT2D eigenvalue weighted by atomic mass is 9.74. The Balaban J connectivity index is 4.30. The lowest BCUT2D eigenvalue weighted by Gasteiger charge is -2.41. The van der Waals surface area contributed by atoms with Crippen molar-refractivity contribution in [2.24, 2.45) is 0 Å². The monoisotopic (exact) mass is 534 g/mol. The Labute approximate surface area is 212 Å². The zero-order valence-corrected chi connectivity index (χ0v) is 22.7. The summed E-state index contributed by atoms with van der Waals surface area (Å²) >= 11 is 0. The summed E-state index contributed by atoms with van der Waals surface area (Å²) in [6, 6.07) is 7.68. The maximum absolute atomic E-state index is 13.0. The highest BCUT2D eigenvalue weighted by Crippen LogP contribution is 2.66. The van der Waals surface area contributed by atoms with Crippen molar-refractivity contribution >= 4 is 15.2 Å². The van der Waals surface area contributed by atoms with Gasteiger partial charge >= 0.3 is 15.2 Å². The molecule has 0 aliphatic heterocycles. The van der Waals surface area contributed by atoms with Crippen molar-refractivity contribution in [2.45, 2.75) is 89.4 Å². The molecule has 0 spiro atoms. The van der Waals surface area contributed by atoms with E-state index in [2.05, 4.69) is 0 Å². The quantitative estimate of drug-likeness (QED) is 0.267. The summed E-state index contributed by atoms with van der Waals surface area (Å²) in [7, 11) is -9.89. The minimum absolute atomic E-state index is 0.175. The molecule has 0 fully saturated rings. The van der Waals surface area contributed by atoms with Gasteiger partial charge in [0.25, 0.3) is 0 Å². The first-order valence-electron chi connectivity index (χ1n) is 11.3. The predicted octanol–water partition coefficient (Wildman–Crippen LogP) is 4.88. The van der Waals surface area contributed by atoms with Gasteiger partial charge in [0.15, 0.2) is 0 Å². The van der Waals surface area contributed by atoms with E-state index >= 15 is 0 Å². The zero-order chi connectivity index (χ0) is 27.9. The van der Waals surface area contributed by atoms with Gasteiger partial charge in [0.05, 0.1) is 34.6 Å². The summed E-state index contributed by atoms with van der Waals surface area (Å²) < 4.78 is 26.0. The first kappa shape index (κ1) is 31.5. The highest BCUT2D eigenvalue weighted by molar-refractivity contribution is 7.53. The topological polar surface area (TPSA) is 210 Å². The summed E-state index contributed by atoms with van der Waals surface area (Å²) in [6.07, 6.45) is -1.52. The molecule has 0 amide bonds. The Morgan fingerprint density at radius 3 is 0.889 bits per heavy atom. The van der Waals surface area contributed by atoms with Gasteiger partial charge in [0.2, 0.25) is 0 Å². The first-order valence-corrected chi connectivity index (χ1v) is 14.6. The fourth-order valence-electron chi connectivity index (χ4n) is 5.38. The van der Waals surface area contributed by atoms with Gasteiger partial charge in [-0.15, -0.1) is 0 Å². The van der Waals surface area contributed by atoms with Crippen molar-refractivity contribution in [2.75, 3.05) is 0 Å². The molecule has 0 bridgehead atoms. The van der Waals surface area contributed by atoms with E-state index in [1.54, 1.807) is 27.7 Å². The van der Waals surface area contributed by atoms with Crippen LogP contribution in [-0.4, -0.2) is 19.6 Å². The van der Waals surface area contributed by atoms with E-state index in [0.717, 1.165) is 0 Å². The normalized spacial score (nSPS) is 12.3. The van der Waals surface area contributed by atoms with Crippen LogP contribution in [0.25, 0.3) is 0 Å². The van der Waals surface area contributed by atoms with E-state index in [-0.39, 0.29) is 62.5 Å². The summed E-state index contributed by atoms with van der Waals surface area (Å²) in [4.78, 5) is 42.2. The maximum Gasteiger partial charge on any atom is 0.336 e. The second-order valence-electron chi connectivity index (χ2n) is 9.03. The molecule has 12 heteroatoms. The number of nitriles is 4. The molecule has 10 nitrogen and oxygen atoms in total. The number of hydrogen-bond acceptors (Lipinski definition) is 6. The van der Waals surface area contributed by atoms with Gasteiger partial charge in [-0.3, -0.25) is 9.13 Å². The molecule has 194 valence electrons. The third-order valence-corrected chi connectivity index (χ3v) is 10.8. The fraction of sp³-hybridized carbons (Fsp3) is 0.583. The zero-order valence-electron chi connectivity index (χ0n) is 20.9. The predicted molar refractivity (Wildman–Crippen MR) is 132 cm³/mol. The van der Waals surface area contributed by atoms with Gasteiger partial charge in [0.1, 0.15) is 0 Å². The fourth-order valence-corrected chi connectivity index (χ4v) is 8.25. The van der Waals surface area contributed by atoms with Gasteiger partial charge in [-0.25, -0.2) is 0 Å². The van der Waals surface area contributed by atoms with Crippen LogP contribution in [-0.2, 0) is 19.4 Å². The van der Waals surface area contributed by atoms with Crippen LogP contribution in [0, 0.1) is 73.0 Å². The van der Waals surface area contributed by atoms with Gasteiger partial charge < -0.3 is 19.6 Å². The molecule has 0 unspecified atom stereocenters. The molecule has 1 rings (SSSR count). The maximum atomic E-state index is 13.0. The van der Waals surface area contributed by atoms with Crippen molar-refractivity contribution < 1.29 is 28.7 Å². The SMILES string of the molecule is Cc1c(C)c(C(CCC#N)(CCC#N)P(=O)(O)O)c(C)c(C)c1C(CCC#N)(CCC#N)P(=O)(O)O. The van der Waals surface area contributed by atoms with E-state index in [1.165, 1.54) is 0 Å². The van der Waals surface area contributed by atoms with Gasteiger partial charge in [0, 0.05) is 25.7 Å². The Morgan fingerprint density at radius 1 is 0.556 bits per heavy atom. The van der Waals surface area contributed by atoms with Crippen LogP contribution in [0.1, 0.15) is 84.7 Å². The van der Waals surface area contributed by atoms with Crippen molar-refractivity contribution in [3.8, 4) is 24.3 Å². The third kappa shape index (κ3) is 5.72. The van der Waals surface area contributed by atoms with E-state index in [0.29, 0.717) is 22.3 Å². The molecule has 0 aliphatic rings. The lowest BCUT2D eigenvalue weighted by molar-refractivity contribution is 0.304. The van der Waals surface area contributed by atoms with Crippen LogP contribution in [0.15, 0.2) is 0 Å². The molecule has 1 aromatic carbocycles. The van der Waals surface area contributed by atoms with Crippen molar-refractivity contribution in [3.05, 3.63) is 33.4 Å². The molecular formula is C24H32N4O6P2. The Morgan fingerprint density at radius 2 is 0.750 bits per heavy atom. The van der Waals surface area contributed by atoms with Crippen LogP contribution in [0.2, 0.25) is 0 Å². The molecule has 4 N–H and O–H groups in total. The van der Waals surface area contributed by atoms with Gasteiger partial charge in [-0.1, -0.05) is 0 Å². The van der Waals surface area contributed by atoms with E-state index < -0.39 is 25.5 Å². The van der Waals surface area contributed by atoms with Gasteiger partial charge in [-0.2, -0.15) is 21.0 Å². The highest BCUT2D eigenvalue weighted by atomic mass is 31.2. The summed E-state index contributed by atoms with van der Waals surface area (Å²) in [5.74, 6) is 0. The highest BCUT2D eigenvalue weighted by Gasteiger charge is 2.53. The molecule has 0 saturated heterocycles. The van der Waals surface area contributed by atoms with E-state index in [4.69, 9.17) is 0 Å². The molecule has 0 heterocycles. The molecule has 0 radical (unpaired) electrons. The van der Waals surface area contributed by atoms with Crippen molar-refractivity contribution in [1.82, 2.24) is 0 Å². The first-order chi connectivity index (χ1) is 16.6. The minimum Gasteiger partial charge on any atom is -0.324 e. The summed E-state index contributed by atoms with van der Waals surface area (Å²) in [6.45, 7) is 6.40. The second-order valence-corrected chi connectivity index (χ2v) is 12.9. The van der Waals surface area contributed by atoms with E-state index in [1.807, 2.05) is 24.3 Å². The molecule has 1 aromatic rings. The molecule has 0 aliphatic carbocycles.